The zero-order valence-corrected chi connectivity index (χ0v) is 9.99. The van der Waals surface area contributed by atoms with Gasteiger partial charge in [0, 0.05) is 6.54 Å². The summed E-state index contributed by atoms with van der Waals surface area (Å²) in [6.07, 6.45) is 0. The van der Waals surface area contributed by atoms with Gasteiger partial charge in [-0.2, -0.15) is 0 Å². The van der Waals surface area contributed by atoms with Crippen molar-refractivity contribution in [3.8, 4) is 0 Å². The van der Waals surface area contributed by atoms with Gasteiger partial charge in [-0.05, 0) is 20.8 Å². The molecule has 0 radical (unpaired) electrons. The number of rotatable bonds is 4. The van der Waals surface area contributed by atoms with Crippen LogP contribution in [0.15, 0.2) is 4.52 Å². The van der Waals surface area contributed by atoms with Crippen LogP contribution in [0.5, 0.6) is 0 Å². The lowest BCUT2D eigenvalue weighted by atomic mass is 10.2. The average molecular weight is 241 g/mol. The minimum Gasteiger partial charge on any atom is -0.462 e. The summed E-state index contributed by atoms with van der Waals surface area (Å²) >= 11 is 0. The Hall–Kier alpha value is -2.05. The molecule has 0 saturated heterocycles. The monoisotopic (exact) mass is 241 g/mol. The number of amides is 2. The smallest absolute Gasteiger partial charge is 0.345 e. The molecule has 0 bridgehead atoms. The Morgan fingerprint density at radius 1 is 1.41 bits per heavy atom. The number of carbonyl (C=O) groups is 2. The summed E-state index contributed by atoms with van der Waals surface area (Å²) in [4.78, 5) is 22.9. The normalized spacial score (nSPS) is 9.82. The predicted octanol–water partition coefficient (Wildman–Crippen LogP) is 1.30. The van der Waals surface area contributed by atoms with Crippen LogP contribution >= 0.6 is 0 Å². The zero-order chi connectivity index (χ0) is 12.8. The van der Waals surface area contributed by atoms with Gasteiger partial charge in [0.05, 0.1) is 12.3 Å². The van der Waals surface area contributed by atoms with Crippen LogP contribution in [0, 0.1) is 6.92 Å². The van der Waals surface area contributed by atoms with E-state index in [0.29, 0.717) is 12.2 Å². The van der Waals surface area contributed by atoms with E-state index in [9.17, 15) is 9.59 Å². The second kappa shape index (κ2) is 5.88. The number of nitrogens with one attached hydrogen (secondary N) is 2. The Bertz CT molecular complexity index is 414. The molecular weight excluding hydrogens is 226 g/mol. The quantitative estimate of drug-likeness (QED) is 0.775. The number of anilines is 1. The van der Waals surface area contributed by atoms with Gasteiger partial charge < -0.3 is 14.6 Å². The molecule has 7 heteroatoms. The molecule has 0 aliphatic rings. The molecule has 0 saturated carbocycles. The molecule has 0 aliphatic heterocycles. The third-order valence-corrected chi connectivity index (χ3v) is 1.91. The molecule has 2 N–H and O–H groups in total. The number of carbonyl (C=O) groups excluding carboxylic acids is 2. The van der Waals surface area contributed by atoms with Gasteiger partial charge >= 0.3 is 12.0 Å². The maximum Gasteiger partial charge on any atom is 0.345 e. The van der Waals surface area contributed by atoms with E-state index in [1.165, 1.54) is 0 Å². The van der Waals surface area contributed by atoms with Crippen molar-refractivity contribution in [2.24, 2.45) is 0 Å². The predicted molar refractivity (Wildman–Crippen MR) is 59.9 cm³/mol. The topological polar surface area (TPSA) is 93.5 Å². The second-order valence-electron chi connectivity index (χ2n) is 3.18. The standard InChI is InChI=1S/C10H15N3O4/c1-4-11-10(15)12-8-7(6(3)13-17-8)9(14)16-5-2/h4-5H2,1-3H3,(H2,11,12,15). The lowest BCUT2D eigenvalue weighted by molar-refractivity contribution is 0.0526. The lowest BCUT2D eigenvalue weighted by Gasteiger charge is -2.04. The fraction of sp³-hybridized carbons (Fsp3) is 0.500. The van der Waals surface area contributed by atoms with E-state index in [-0.39, 0.29) is 18.1 Å². The van der Waals surface area contributed by atoms with E-state index >= 15 is 0 Å². The number of hydrogen-bond acceptors (Lipinski definition) is 5. The molecule has 17 heavy (non-hydrogen) atoms. The largest absolute Gasteiger partial charge is 0.462 e. The van der Waals surface area contributed by atoms with Crippen LogP contribution in [0.25, 0.3) is 0 Å². The van der Waals surface area contributed by atoms with Gasteiger partial charge in [0.25, 0.3) is 0 Å². The third kappa shape index (κ3) is 3.20. The Morgan fingerprint density at radius 3 is 2.71 bits per heavy atom. The van der Waals surface area contributed by atoms with Crippen molar-refractivity contribution in [2.75, 3.05) is 18.5 Å². The number of ether oxygens (including phenoxy) is 1. The van der Waals surface area contributed by atoms with Crippen molar-refractivity contribution < 1.29 is 18.8 Å². The number of aromatic nitrogens is 1. The number of aryl methyl sites for hydroxylation is 1. The van der Waals surface area contributed by atoms with Crippen LogP contribution in [0.4, 0.5) is 10.7 Å². The summed E-state index contributed by atoms with van der Waals surface area (Å²) in [5, 5.41) is 8.52. The van der Waals surface area contributed by atoms with Gasteiger partial charge in [-0.3, -0.25) is 5.32 Å². The van der Waals surface area contributed by atoms with Crippen molar-refractivity contribution in [3.63, 3.8) is 0 Å². The molecule has 1 aromatic heterocycles. The summed E-state index contributed by atoms with van der Waals surface area (Å²) in [5.74, 6) is -0.579. The van der Waals surface area contributed by atoms with Crippen LogP contribution in [0.1, 0.15) is 29.9 Å². The first-order valence-electron chi connectivity index (χ1n) is 5.28. The summed E-state index contributed by atoms with van der Waals surface area (Å²) in [6.45, 7) is 5.77. The van der Waals surface area contributed by atoms with Crippen molar-refractivity contribution in [1.29, 1.82) is 0 Å². The van der Waals surface area contributed by atoms with E-state index in [4.69, 9.17) is 9.26 Å². The maximum atomic E-state index is 11.6. The highest BCUT2D eigenvalue weighted by atomic mass is 16.5. The molecule has 0 fully saturated rings. The van der Waals surface area contributed by atoms with Gasteiger partial charge in [0.1, 0.15) is 5.56 Å². The molecule has 0 aliphatic carbocycles. The Kier molecular flexibility index (Phi) is 4.50. The van der Waals surface area contributed by atoms with Gasteiger partial charge in [0.15, 0.2) is 0 Å². The Morgan fingerprint density at radius 2 is 2.12 bits per heavy atom. The molecule has 1 rings (SSSR count). The fourth-order valence-electron chi connectivity index (χ4n) is 1.21. The number of esters is 1. The molecule has 0 spiro atoms. The van der Waals surface area contributed by atoms with E-state index in [1.807, 2.05) is 0 Å². The average Bonchev–Trinajstić information content (AvgIpc) is 2.60. The maximum absolute atomic E-state index is 11.6. The fourth-order valence-corrected chi connectivity index (χ4v) is 1.21. The summed E-state index contributed by atoms with van der Waals surface area (Å²) < 4.78 is 9.70. The van der Waals surface area contributed by atoms with Crippen LogP contribution < -0.4 is 10.6 Å². The van der Waals surface area contributed by atoms with E-state index in [2.05, 4.69) is 15.8 Å². The molecule has 1 heterocycles. The van der Waals surface area contributed by atoms with Gasteiger partial charge in [-0.1, -0.05) is 5.16 Å². The van der Waals surface area contributed by atoms with Crippen LogP contribution in [-0.4, -0.2) is 30.3 Å². The molecule has 0 unspecified atom stereocenters. The van der Waals surface area contributed by atoms with E-state index in [1.54, 1.807) is 20.8 Å². The van der Waals surface area contributed by atoms with E-state index in [0.717, 1.165) is 0 Å². The van der Waals surface area contributed by atoms with Crippen molar-refractivity contribution >= 4 is 17.9 Å². The first-order chi connectivity index (χ1) is 8.10. The number of hydrogen-bond donors (Lipinski definition) is 2. The Labute approximate surface area is 98.5 Å². The summed E-state index contributed by atoms with van der Waals surface area (Å²) in [6, 6.07) is -0.464. The van der Waals surface area contributed by atoms with Gasteiger partial charge in [-0.15, -0.1) is 0 Å². The molecule has 1 aromatic rings. The highest BCUT2D eigenvalue weighted by Crippen LogP contribution is 2.20. The molecule has 0 atom stereocenters. The molecular formula is C10H15N3O4. The minimum absolute atomic E-state index is 0.00750. The highest BCUT2D eigenvalue weighted by Gasteiger charge is 2.22. The molecule has 94 valence electrons. The van der Waals surface area contributed by atoms with Gasteiger partial charge in [0.2, 0.25) is 5.88 Å². The number of urea groups is 1. The van der Waals surface area contributed by atoms with Crippen LogP contribution in [0.3, 0.4) is 0 Å². The summed E-state index contributed by atoms with van der Waals surface area (Å²) in [7, 11) is 0. The SMILES string of the molecule is CCNC(=O)Nc1onc(C)c1C(=O)OCC. The number of nitrogens with zero attached hydrogens (tertiary/aromatic N) is 1. The molecule has 7 nitrogen and oxygen atoms in total. The Balaban J connectivity index is 2.86. The third-order valence-electron chi connectivity index (χ3n) is 1.91. The van der Waals surface area contributed by atoms with E-state index < -0.39 is 12.0 Å². The minimum atomic E-state index is -0.571. The zero-order valence-electron chi connectivity index (χ0n) is 9.99. The lowest BCUT2D eigenvalue weighted by Crippen LogP contribution is -2.28. The highest BCUT2D eigenvalue weighted by molar-refractivity contribution is 5.99. The molecule has 0 aromatic carbocycles. The van der Waals surface area contributed by atoms with Crippen molar-refractivity contribution in [1.82, 2.24) is 10.5 Å². The first-order valence-corrected chi connectivity index (χ1v) is 5.28. The first kappa shape index (κ1) is 13.0. The van der Waals surface area contributed by atoms with Crippen molar-refractivity contribution in [2.45, 2.75) is 20.8 Å². The van der Waals surface area contributed by atoms with Crippen LogP contribution in [-0.2, 0) is 4.74 Å². The summed E-state index contributed by atoms with van der Waals surface area (Å²) in [5.41, 5.74) is 0.508. The second-order valence-corrected chi connectivity index (χ2v) is 3.18. The molecule has 2 amide bonds. The van der Waals surface area contributed by atoms with Gasteiger partial charge in [-0.25, -0.2) is 9.59 Å². The van der Waals surface area contributed by atoms with Crippen molar-refractivity contribution in [3.05, 3.63) is 11.3 Å². The van der Waals surface area contributed by atoms with Crippen LogP contribution in [0.2, 0.25) is 0 Å².